The molecule has 1 aromatic rings. The molecule has 0 saturated carbocycles. The van der Waals surface area contributed by atoms with Crippen LogP contribution >= 0.6 is 0 Å². The second kappa shape index (κ2) is 5.51. The third-order valence-electron chi connectivity index (χ3n) is 2.51. The first-order valence-electron chi connectivity index (χ1n) is 4.95. The Morgan fingerprint density at radius 2 is 2.00 bits per heavy atom. The van der Waals surface area contributed by atoms with E-state index in [1.54, 1.807) is 0 Å². The Bertz CT molecular complexity index is 308. The molecule has 0 aromatic heterocycles. The predicted octanol–water partition coefficient (Wildman–Crippen LogP) is 1.71. The number of rotatable bonds is 4. The summed E-state index contributed by atoms with van der Waals surface area (Å²) in [4.78, 5) is 11.0. The summed E-state index contributed by atoms with van der Waals surface area (Å²) in [6, 6.07) is 9.62. The first-order valence-corrected chi connectivity index (χ1v) is 4.95. The molecule has 1 N–H and O–H groups in total. The zero-order valence-corrected chi connectivity index (χ0v) is 9.01. The van der Waals surface area contributed by atoms with Gasteiger partial charge in [0.1, 0.15) is 0 Å². The van der Waals surface area contributed by atoms with Gasteiger partial charge < -0.3 is 9.84 Å². The minimum atomic E-state index is -0.695. The molecule has 1 aromatic carbocycles. The molecule has 3 nitrogen and oxygen atoms in total. The predicted molar refractivity (Wildman–Crippen MR) is 57.5 cm³/mol. The molecule has 0 unspecified atom stereocenters. The maximum atomic E-state index is 11.0. The van der Waals surface area contributed by atoms with Gasteiger partial charge in [-0.25, -0.2) is 0 Å². The maximum absolute atomic E-state index is 11.0. The Morgan fingerprint density at radius 3 is 2.53 bits per heavy atom. The molecule has 15 heavy (non-hydrogen) atoms. The van der Waals surface area contributed by atoms with Crippen LogP contribution in [0, 0.1) is 0 Å². The fourth-order valence-electron chi connectivity index (χ4n) is 1.41. The summed E-state index contributed by atoms with van der Waals surface area (Å²) in [7, 11) is 1.32. The second-order valence-electron chi connectivity index (χ2n) is 3.55. The fraction of sp³-hybridized carbons (Fsp3) is 0.417. The Hall–Kier alpha value is -1.35. The van der Waals surface area contributed by atoms with Crippen LogP contribution in [0.4, 0.5) is 0 Å². The summed E-state index contributed by atoms with van der Waals surface area (Å²) in [6.45, 7) is 1.89. The highest BCUT2D eigenvalue weighted by Crippen LogP contribution is 2.20. The minimum absolute atomic E-state index is 0.0343. The van der Waals surface area contributed by atoms with Gasteiger partial charge in [0, 0.05) is 5.92 Å². The molecule has 0 aliphatic carbocycles. The standard InChI is InChI=1S/C12H16O3/c1-9(10-6-4-3-5-7-10)11(13)8-12(14)15-2/h3-7,9,11,13H,8H2,1-2H3/t9-,11+/m1/s1. The first-order chi connectivity index (χ1) is 7.15. The summed E-state index contributed by atoms with van der Waals surface area (Å²) in [6.07, 6.45) is -0.660. The van der Waals surface area contributed by atoms with Crippen molar-refractivity contribution in [3.05, 3.63) is 35.9 Å². The monoisotopic (exact) mass is 208 g/mol. The van der Waals surface area contributed by atoms with Crippen LogP contribution in [0.3, 0.4) is 0 Å². The molecule has 3 heteroatoms. The summed E-state index contributed by atoms with van der Waals surface area (Å²) >= 11 is 0. The van der Waals surface area contributed by atoms with E-state index in [-0.39, 0.29) is 18.3 Å². The molecular formula is C12H16O3. The van der Waals surface area contributed by atoms with Crippen LogP contribution in [0.5, 0.6) is 0 Å². The molecule has 0 spiro atoms. The molecule has 0 aliphatic heterocycles. The Morgan fingerprint density at radius 1 is 1.40 bits per heavy atom. The Labute approximate surface area is 89.7 Å². The molecule has 0 aliphatic rings. The Balaban J connectivity index is 2.61. The number of methoxy groups -OCH3 is 1. The molecule has 1 rings (SSSR count). The molecule has 0 radical (unpaired) electrons. The highest BCUT2D eigenvalue weighted by Gasteiger charge is 2.19. The van der Waals surface area contributed by atoms with Gasteiger partial charge in [-0.15, -0.1) is 0 Å². The van der Waals surface area contributed by atoms with Gasteiger partial charge in [0.05, 0.1) is 19.6 Å². The van der Waals surface area contributed by atoms with Crippen molar-refractivity contribution in [2.75, 3.05) is 7.11 Å². The number of ether oxygens (including phenoxy) is 1. The van der Waals surface area contributed by atoms with E-state index in [1.165, 1.54) is 7.11 Å². The summed E-state index contributed by atoms with van der Waals surface area (Å²) in [5.74, 6) is -0.449. The zero-order valence-electron chi connectivity index (χ0n) is 9.01. The van der Waals surface area contributed by atoms with Gasteiger partial charge in [-0.1, -0.05) is 37.3 Å². The van der Waals surface area contributed by atoms with Crippen LogP contribution in [-0.4, -0.2) is 24.3 Å². The highest BCUT2D eigenvalue weighted by molar-refractivity contribution is 5.69. The van der Waals surface area contributed by atoms with E-state index in [4.69, 9.17) is 0 Å². The van der Waals surface area contributed by atoms with Crippen molar-refractivity contribution < 1.29 is 14.6 Å². The smallest absolute Gasteiger partial charge is 0.308 e. The quantitative estimate of drug-likeness (QED) is 0.766. The number of carbonyl (C=O) groups excluding carboxylic acids is 1. The van der Waals surface area contributed by atoms with Crippen LogP contribution in [0.25, 0.3) is 0 Å². The average molecular weight is 208 g/mol. The van der Waals surface area contributed by atoms with Gasteiger partial charge >= 0.3 is 5.97 Å². The van der Waals surface area contributed by atoms with Gasteiger partial charge in [-0.3, -0.25) is 4.79 Å². The third kappa shape index (κ3) is 3.36. The van der Waals surface area contributed by atoms with Gasteiger partial charge in [-0.2, -0.15) is 0 Å². The van der Waals surface area contributed by atoms with E-state index in [1.807, 2.05) is 37.3 Å². The molecule has 0 bridgehead atoms. The van der Waals surface area contributed by atoms with E-state index in [9.17, 15) is 9.90 Å². The lowest BCUT2D eigenvalue weighted by Gasteiger charge is -2.17. The molecule has 0 amide bonds. The van der Waals surface area contributed by atoms with Crippen LogP contribution in [-0.2, 0) is 9.53 Å². The van der Waals surface area contributed by atoms with E-state index in [0.717, 1.165) is 5.56 Å². The van der Waals surface area contributed by atoms with Crippen molar-refractivity contribution in [3.8, 4) is 0 Å². The van der Waals surface area contributed by atoms with Gasteiger partial charge in [0.2, 0.25) is 0 Å². The van der Waals surface area contributed by atoms with Gasteiger partial charge in [0.25, 0.3) is 0 Å². The van der Waals surface area contributed by atoms with E-state index in [2.05, 4.69) is 4.74 Å². The largest absolute Gasteiger partial charge is 0.469 e. The minimum Gasteiger partial charge on any atom is -0.469 e. The average Bonchev–Trinajstić information content (AvgIpc) is 2.29. The van der Waals surface area contributed by atoms with Crippen molar-refractivity contribution in [2.45, 2.75) is 25.4 Å². The fourth-order valence-corrected chi connectivity index (χ4v) is 1.41. The second-order valence-corrected chi connectivity index (χ2v) is 3.55. The molecular weight excluding hydrogens is 192 g/mol. The number of benzene rings is 1. The lowest BCUT2D eigenvalue weighted by Crippen LogP contribution is -2.20. The summed E-state index contributed by atoms with van der Waals surface area (Å²) in [5, 5.41) is 9.77. The molecule has 0 heterocycles. The molecule has 82 valence electrons. The number of aliphatic hydroxyl groups is 1. The number of hydrogen-bond acceptors (Lipinski definition) is 3. The number of hydrogen-bond donors (Lipinski definition) is 1. The van der Waals surface area contributed by atoms with Crippen LogP contribution in [0.1, 0.15) is 24.8 Å². The van der Waals surface area contributed by atoms with Crippen LogP contribution in [0.15, 0.2) is 30.3 Å². The normalized spacial score (nSPS) is 14.3. The first kappa shape index (κ1) is 11.7. The van der Waals surface area contributed by atoms with Crippen molar-refractivity contribution in [1.29, 1.82) is 0 Å². The zero-order chi connectivity index (χ0) is 11.3. The van der Waals surface area contributed by atoms with Crippen LogP contribution < -0.4 is 0 Å². The third-order valence-corrected chi connectivity index (χ3v) is 2.51. The van der Waals surface area contributed by atoms with Gasteiger partial charge in [0.15, 0.2) is 0 Å². The highest BCUT2D eigenvalue weighted by atomic mass is 16.5. The van der Waals surface area contributed by atoms with E-state index in [0.29, 0.717) is 0 Å². The van der Waals surface area contributed by atoms with Crippen molar-refractivity contribution in [2.24, 2.45) is 0 Å². The van der Waals surface area contributed by atoms with E-state index < -0.39 is 6.10 Å². The molecule has 0 saturated heterocycles. The van der Waals surface area contributed by atoms with Crippen molar-refractivity contribution in [3.63, 3.8) is 0 Å². The van der Waals surface area contributed by atoms with Gasteiger partial charge in [-0.05, 0) is 5.56 Å². The Kier molecular flexibility index (Phi) is 4.31. The number of carbonyl (C=O) groups is 1. The summed E-state index contributed by atoms with van der Waals surface area (Å²) in [5.41, 5.74) is 1.02. The number of aliphatic hydroxyl groups excluding tert-OH is 1. The van der Waals surface area contributed by atoms with Crippen LogP contribution in [0.2, 0.25) is 0 Å². The number of esters is 1. The SMILES string of the molecule is COC(=O)C[C@H](O)[C@H](C)c1ccccc1. The lowest BCUT2D eigenvalue weighted by atomic mass is 9.94. The summed E-state index contributed by atoms with van der Waals surface area (Å²) < 4.78 is 4.51. The maximum Gasteiger partial charge on any atom is 0.308 e. The topological polar surface area (TPSA) is 46.5 Å². The van der Waals surface area contributed by atoms with E-state index >= 15 is 0 Å². The molecule has 0 fully saturated rings. The van der Waals surface area contributed by atoms with Crippen molar-refractivity contribution >= 4 is 5.97 Å². The molecule has 2 atom stereocenters. The van der Waals surface area contributed by atoms with Crippen molar-refractivity contribution in [1.82, 2.24) is 0 Å². The lowest BCUT2D eigenvalue weighted by molar-refractivity contribution is -0.143.